The summed E-state index contributed by atoms with van der Waals surface area (Å²) in [5.41, 5.74) is 3.83. The minimum Gasteiger partial charge on any atom is -0.325 e. The molecule has 0 radical (unpaired) electrons. The number of carbonyl (C=O) groups excluding carboxylic acids is 1. The summed E-state index contributed by atoms with van der Waals surface area (Å²) < 4.78 is 0. The van der Waals surface area contributed by atoms with Crippen LogP contribution in [-0.2, 0) is 17.8 Å². The van der Waals surface area contributed by atoms with E-state index in [-0.39, 0.29) is 5.91 Å². The molecule has 2 rings (SSSR count). The number of aromatic nitrogens is 1. The number of pyridine rings is 1. The van der Waals surface area contributed by atoms with Gasteiger partial charge in [0.15, 0.2) is 0 Å². The molecule has 0 aliphatic carbocycles. The molecule has 1 heterocycles. The molecular formula is C17H21N3O. The van der Waals surface area contributed by atoms with Gasteiger partial charge in [0.05, 0.1) is 6.42 Å². The van der Waals surface area contributed by atoms with Gasteiger partial charge in [-0.2, -0.15) is 0 Å². The highest BCUT2D eigenvalue weighted by Crippen LogP contribution is 2.15. The lowest BCUT2D eigenvalue weighted by Crippen LogP contribution is -2.18. The van der Waals surface area contributed by atoms with Gasteiger partial charge < -0.3 is 10.6 Å². The molecule has 4 heteroatoms. The van der Waals surface area contributed by atoms with Gasteiger partial charge in [0.25, 0.3) is 0 Å². The summed E-state index contributed by atoms with van der Waals surface area (Å²) in [5.74, 6) is -0.0235. The predicted molar refractivity (Wildman–Crippen MR) is 85.1 cm³/mol. The highest BCUT2D eigenvalue weighted by atomic mass is 16.1. The normalized spacial score (nSPS) is 10.4. The van der Waals surface area contributed by atoms with E-state index in [4.69, 9.17) is 0 Å². The SMILES string of the molecule is CCNCc1ccccc1NC(=O)Cc1ccc(C)nc1. The van der Waals surface area contributed by atoms with Gasteiger partial charge in [-0.15, -0.1) is 0 Å². The Balaban J connectivity index is 2.00. The predicted octanol–water partition coefficient (Wildman–Crippen LogP) is 2.68. The number of amides is 1. The first-order chi connectivity index (χ1) is 10.2. The van der Waals surface area contributed by atoms with E-state index in [1.54, 1.807) is 6.20 Å². The average Bonchev–Trinajstić information content (AvgIpc) is 2.49. The van der Waals surface area contributed by atoms with E-state index >= 15 is 0 Å². The summed E-state index contributed by atoms with van der Waals surface area (Å²) in [6.07, 6.45) is 2.09. The van der Waals surface area contributed by atoms with Crippen molar-refractivity contribution in [2.24, 2.45) is 0 Å². The van der Waals surface area contributed by atoms with Crippen LogP contribution in [0.3, 0.4) is 0 Å². The van der Waals surface area contributed by atoms with E-state index in [0.29, 0.717) is 6.42 Å². The zero-order valence-corrected chi connectivity index (χ0v) is 12.5. The molecule has 2 N–H and O–H groups in total. The Labute approximate surface area is 125 Å². The van der Waals surface area contributed by atoms with Crippen LogP contribution in [0.2, 0.25) is 0 Å². The first-order valence-electron chi connectivity index (χ1n) is 7.19. The molecule has 1 amide bonds. The lowest BCUT2D eigenvalue weighted by molar-refractivity contribution is -0.115. The smallest absolute Gasteiger partial charge is 0.228 e. The maximum atomic E-state index is 12.1. The van der Waals surface area contributed by atoms with Gasteiger partial charge in [-0.05, 0) is 36.7 Å². The largest absolute Gasteiger partial charge is 0.325 e. The second-order valence-electron chi connectivity index (χ2n) is 4.97. The first-order valence-corrected chi connectivity index (χ1v) is 7.19. The van der Waals surface area contributed by atoms with Crippen molar-refractivity contribution in [3.8, 4) is 0 Å². The number of nitrogens with zero attached hydrogens (tertiary/aromatic N) is 1. The van der Waals surface area contributed by atoms with E-state index in [1.807, 2.05) is 43.3 Å². The van der Waals surface area contributed by atoms with Gasteiger partial charge in [0.1, 0.15) is 0 Å². The zero-order valence-electron chi connectivity index (χ0n) is 12.5. The van der Waals surface area contributed by atoms with Gasteiger partial charge in [0.2, 0.25) is 5.91 Å². The van der Waals surface area contributed by atoms with Crippen molar-refractivity contribution < 1.29 is 4.79 Å². The van der Waals surface area contributed by atoms with Crippen LogP contribution in [0.25, 0.3) is 0 Å². The molecule has 0 saturated heterocycles. The van der Waals surface area contributed by atoms with Crippen LogP contribution in [0.5, 0.6) is 0 Å². The van der Waals surface area contributed by atoms with Crippen LogP contribution in [-0.4, -0.2) is 17.4 Å². The van der Waals surface area contributed by atoms with Crippen molar-refractivity contribution in [1.29, 1.82) is 0 Å². The molecule has 0 bridgehead atoms. The van der Waals surface area contributed by atoms with Crippen LogP contribution in [0.4, 0.5) is 5.69 Å². The lowest BCUT2D eigenvalue weighted by atomic mass is 10.1. The molecule has 0 aliphatic heterocycles. The molecule has 0 aliphatic rings. The lowest BCUT2D eigenvalue weighted by Gasteiger charge is -2.11. The summed E-state index contributed by atoms with van der Waals surface area (Å²) in [4.78, 5) is 16.3. The highest BCUT2D eigenvalue weighted by Gasteiger charge is 2.07. The molecule has 0 fully saturated rings. The van der Waals surface area contributed by atoms with Gasteiger partial charge in [-0.25, -0.2) is 0 Å². The number of anilines is 1. The molecule has 0 saturated carbocycles. The summed E-state index contributed by atoms with van der Waals surface area (Å²) in [7, 11) is 0. The van der Waals surface area contributed by atoms with E-state index in [1.165, 1.54) is 0 Å². The van der Waals surface area contributed by atoms with Crippen LogP contribution in [0.1, 0.15) is 23.7 Å². The summed E-state index contributed by atoms with van der Waals surface area (Å²) in [5, 5.41) is 6.25. The third-order valence-corrected chi connectivity index (χ3v) is 3.19. The fraction of sp³-hybridized carbons (Fsp3) is 0.294. The molecule has 110 valence electrons. The number of benzene rings is 1. The Kier molecular flexibility index (Phi) is 5.46. The van der Waals surface area contributed by atoms with Gasteiger partial charge in [-0.1, -0.05) is 31.2 Å². The Bertz CT molecular complexity index is 593. The molecule has 1 aromatic heterocycles. The van der Waals surface area contributed by atoms with E-state index in [2.05, 4.69) is 22.5 Å². The Morgan fingerprint density at radius 2 is 2.00 bits per heavy atom. The molecule has 1 aromatic carbocycles. The molecule has 2 aromatic rings. The average molecular weight is 283 g/mol. The number of para-hydroxylation sites is 1. The number of nitrogens with one attached hydrogen (secondary N) is 2. The summed E-state index contributed by atoms with van der Waals surface area (Å²) >= 11 is 0. The summed E-state index contributed by atoms with van der Waals surface area (Å²) in [6, 6.07) is 11.7. The van der Waals surface area contributed by atoms with Crippen molar-refractivity contribution in [2.45, 2.75) is 26.8 Å². The third-order valence-electron chi connectivity index (χ3n) is 3.19. The van der Waals surface area contributed by atoms with Crippen molar-refractivity contribution in [2.75, 3.05) is 11.9 Å². The van der Waals surface area contributed by atoms with Crippen LogP contribution in [0, 0.1) is 6.92 Å². The number of hydrogen-bond acceptors (Lipinski definition) is 3. The number of carbonyl (C=O) groups is 1. The van der Waals surface area contributed by atoms with Gasteiger partial charge in [-0.3, -0.25) is 9.78 Å². The summed E-state index contributed by atoms with van der Waals surface area (Å²) in [6.45, 7) is 5.64. The molecule has 0 unspecified atom stereocenters. The van der Waals surface area contributed by atoms with Crippen molar-refractivity contribution in [1.82, 2.24) is 10.3 Å². The number of hydrogen-bond donors (Lipinski definition) is 2. The maximum Gasteiger partial charge on any atom is 0.228 e. The van der Waals surface area contributed by atoms with Crippen molar-refractivity contribution >= 4 is 11.6 Å². The highest BCUT2D eigenvalue weighted by molar-refractivity contribution is 5.92. The minimum atomic E-state index is -0.0235. The third kappa shape index (κ3) is 4.68. The standard InChI is InChI=1S/C17H21N3O/c1-3-18-12-15-6-4-5-7-16(15)20-17(21)10-14-9-8-13(2)19-11-14/h4-9,11,18H,3,10,12H2,1-2H3,(H,20,21). The van der Waals surface area contributed by atoms with Gasteiger partial charge >= 0.3 is 0 Å². The Morgan fingerprint density at radius 3 is 2.71 bits per heavy atom. The number of rotatable bonds is 6. The maximum absolute atomic E-state index is 12.1. The quantitative estimate of drug-likeness (QED) is 0.857. The fourth-order valence-electron chi connectivity index (χ4n) is 2.04. The molecular weight excluding hydrogens is 262 g/mol. The van der Waals surface area contributed by atoms with E-state index in [0.717, 1.165) is 35.6 Å². The monoisotopic (exact) mass is 283 g/mol. The fourth-order valence-corrected chi connectivity index (χ4v) is 2.04. The molecule has 4 nitrogen and oxygen atoms in total. The number of aryl methyl sites for hydroxylation is 1. The zero-order chi connectivity index (χ0) is 15.1. The minimum absolute atomic E-state index is 0.0235. The van der Waals surface area contributed by atoms with Crippen LogP contribution < -0.4 is 10.6 Å². The molecule has 0 spiro atoms. The van der Waals surface area contributed by atoms with Crippen molar-refractivity contribution in [3.05, 3.63) is 59.4 Å². The van der Waals surface area contributed by atoms with E-state index < -0.39 is 0 Å². The second kappa shape index (κ2) is 7.55. The second-order valence-corrected chi connectivity index (χ2v) is 4.97. The van der Waals surface area contributed by atoms with Crippen LogP contribution in [0.15, 0.2) is 42.6 Å². The molecule has 0 atom stereocenters. The topological polar surface area (TPSA) is 54.0 Å². The van der Waals surface area contributed by atoms with Crippen molar-refractivity contribution in [3.63, 3.8) is 0 Å². The first kappa shape index (κ1) is 15.2. The van der Waals surface area contributed by atoms with Gasteiger partial charge in [0, 0.05) is 24.1 Å². The Hall–Kier alpha value is -2.20. The van der Waals surface area contributed by atoms with Crippen LogP contribution >= 0.6 is 0 Å². The molecule has 21 heavy (non-hydrogen) atoms. The van der Waals surface area contributed by atoms with E-state index in [9.17, 15) is 4.79 Å². The Morgan fingerprint density at radius 1 is 1.19 bits per heavy atom.